The maximum absolute atomic E-state index is 12.9. The lowest BCUT2D eigenvalue weighted by Crippen LogP contribution is -2.46. The van der Waals surface area contributed by atoms with E-state index in [1.165, 1.54) is 0 Å². The fourth-order valence-corrected chi connectivity index (χ4v) is 4.11. The number of nitrogens with zero attached hydrogens (tertiary/aromatic N) is 4. The van der Waals surface area contributed by atoms with Gasteiger partial charge in [-0.15, -0.1) is 0 Å². The van der Waals surface area contributed by atoms with E-state index in [2.05, 4.69) is 15.3 Å². The molecule has 4 rings (SSSR count). The number of carbonyl (C=O) groups excluding carboxylic acids is 1. The van der Waals surface area contributed by atoms with Crippen LogP contribution in [0, 0.1) is 5.92 Å². The van der Waals surface area contributed by atoms with Crippen molar-refractivity contribution in [2.24, 2.45) is 5.92 Å². The van der Waals surface area contributed by atoms with Crippen molar-refractivity contribution >= 4 is 23.6 Å². The van der Waals surface area contributed by atoms with Crippen molar-refractivity contribution in [1.29, 1.82) is 0 Å². The lowest BCUT2D eigenvalue weighted by Gasteiger charge is -2.33. The van der Waals surface area contributed by atoms with Gasteiger partial charge in [0.25, 0.3) is 0 Å². The van der Waals surface area contributed by atoms with E-state index in [0.717, 1.165) is 16.8 Å². The van der Waals surface area contributed by atoms with Crippen LogP contribution in [0.1, 0.15) is 27.2 Å². The zero-order chi connectivity index (χ0) is 24.2. The van der Waals surface area contributed by atoms with Crippen LogP contribution in [-0.4, -0.2) is 52.8 Å². The molecule has 0 spiro atoms. The van der Waals surface area contributed by atoms with Crippen LogP contribution in [0.15, 0.2) is 54.5 Å². The summed E-state index contributed by atoms with van der Waals surface area (Å²) in [4.78, 5) is 36.6. The van der Waals surface area contributed by atoms with Gasteiger partial charge in [-0.05, 0) is 51.0 Å². The number of aliphatic carboxylic acids is 1. The van der Waals surface area contributed by atoms with E-state index in [9.17, 15) is 14.7 Å². The van der Waals surface area contributed by atoms with E-state index < -0.39 is 5.97 Å². The second-order valence-electron chi connectivity index (χ2n) is 8.57. The number of amides is 2. The highest BCUT2D eigenvalue weighted by molar-refractivity contribution is 5.95. The predicted molar refractivity (Wildman–Crippen MR) is 130 cm³/mol. The van der Waals surface area contributed by atoms with Gasteiger partial charge in [0.1, 0.15) is 11.9 Å². The molecule has 178 valence electrons. The average molecular weight is 464 g/mol. The molecule has 0 saturated carbocycles. The summed E-state index contributed by atoms with van der Waals surface area (Å²) in [5, 5.41) is 12.1. The molecule has 9 nitrogen and oxygen atoms in total. The molecular formula is C25H29N5O4. The number of benzene rings is 1. The predicted octanol–water partition coefficient (Wildman–Crippen LogP) is 3.83. The maximum Gasteiger partial charge on any atom is 0.326 e. The molecule has 2 aromatic rings. The summed E-state index contributed by atoms with van der Waals surface area (Å²) in [5.41, 5.74) is 3.13. The van der Waals surface area contributed by atoms with Crippen LogP contribution >= 0.6 is 0 Å². The molecule has 34 heavy (non-hydrogen) atoms. The largest absolute Gasteiger partial charge is 0.487 e. The van der Waals surface area contributed by atoms with Crippen LogP contribution in [0.5, 0.6) is 5.75 Å². The smallest absolute Gasteiger partial charge is 0.326 e. The summed E-state index contributed by atoms with van der Waals surface area (Å²) in [6.07, 6.45) is 9.50. The molecule has 2 aliphatic rings. The quantitative estimate of drug-likeness (QED) is 0.649. The van der Waals surface area contributed by atoms with Crippen molar-refractivity contribution in [3.05, 3.63) is 54.5 Å². The van der Waals surface area contributed by atoms with Crippen LogP contribution < -0.4 is 19.9 Å². The minimum absolute atomic E-state index is 0.163. The highest BCUT2D eigenvalue weighted by Gasteiger charge is 2.30. The molecule has 9 heteroatoms. The Balaban J connectivity index is 1.52. The topological polar surface area (TPSA) is 108 Å². The SMILES string of the molecule is C/C=C\C=C(/C)NC(=O)N1CC(C)Oc2cc(-c3cnc(N4CCC(C(=O)O)C4)nc3)ccc21. The number of hydrogen-bond acceptors (Lipinski definition) is 6. The summed E-state index contributed by atoms with van der Waals surface area (Å²) < 4.78 is 6.03. The first-order valence-electron chi connectivity index (χ1n) is 11.3. The lowest BCUT2D eigenvalue weighted by atomic mass is 10.1. The lowest BCUT2D eigenvalue weighted by molar-refractivity contribution is -0.140. The first-order chi connectivity index (χ1) is 16.4. The Morgan fingerprint density at radius 3 is 2.65 bits per heavy atom. The number of carbonyl (C=O) groups is 2. The molecule has 0 radical (unpaired) electrons. The van der Waals surface area contributed by atoms with Gasteiger partial charge in [-0.3, -0.25) is 9.69 Å². The second-order valence-corrected chi connectivity index (χ2v) is 8.57. The van der Waals surface area contributed by atoms with Crippen molar-refractivity contribution in [3.8, 4) is 16.9 Å². The second kappa shape index (κ2) is 9.94. The number of aromatic nitrogens is 2. The average Bonchev–Trinajstić information content (AvgIpc) is 3.32. The minimum atomic E-state index is -0.783. The normalized spacial score (nSPS) is 20.3. The fourth-order valence-electron chi connectivity index (χ4n) is 4.11. The maximum atomic E-state index is 12.9. The highest BCUT2D eigenvalue weighted by Crippen LogP contribution is 2.37. The van der Waals surface area contributed by atoms with Crippen LogP contribution in [0.4, 0.5) is 16.4 Å². The van der Waals surface area contributed by atoms with Gasteiger partial charge in [0.15, 0.2) is 0 Å². The number of carboxylic acid groups (broad SMARTS) is 1. The minimum Gasteiger partial charge on any atom is -0.487 e. The number of rotatable bonds is 5. The Hall–Kier alpha value is -3.88. The van der Waals surface area contributed by atoms with Gasteiger partial charge < -0.3 is 20.1 Å². The van der Waals surface area contributed by atoms with Gasteiger partial charge in [0, 0.05) is 36.7 Å². The van der Waals surface area contributed by atoms with Crippen molar-refractivity contribution < 1.29 is 19.4 Å². The number of carboxylic acids is 1. The fraction of sp³-hybridized carbons (Fsp3) is 0.360. The highest BCUT2D eigenvalue weighted by atomic mass is 16.5. The van der Waals surface area contributed by atoms with Crippen molar-refractivity contribution in [2.75, 3.05) is 29.4 Å². The van der Waals surface area contributed by atoms with Gasteiger partial charge in [-0.25, -0.2) is 14.8 Å². The zero-order valence-corrected chi connectivity index (χ0v) is 19.6. The van der Waals surface area contributed by atoms with E-state index in [1.807, 2.05) is 62.1 Å². The van der Waals surface area contributed by atoms with Gasteiger partial charge in [0.2, 0.25) is 5.95 Å². The van der Waals surface area contributed by atoms with Gasteiger partial charge in [-0.1, -0.05) is 18.2 Å². The summed E-state index contributed by atoms with van der Waals surface area (Å²) >= 11 is 0. The van der Waals surface area contributed by atoms with Gasteiger partial charge >= 0.3 is 12.0 Å². The third kappa shape index (κ3) is 5.03. The summed E-state index contributed by atoms with van der Waals surface area (Å²) in [5.74, 6) is -0.0198. The zero-order valence-electron chi connectivity index (χ0n) is 19.6. The Morgan fingerprint density at radius 1 is 1.21 bits per heavy atom. The van der Waals surface area contributed by atoms with Gasteiger partial charge in [-0.2, -0.15) is 0 Å². The molecule has 2 N–H and O–H groups in total. The number of anilines is 2. The van der Waals surface area contributed by atoms with E-state index in [4.69, 9.17) is 4.74 Å². The Morgan fingerprint density at radius 2 is 1.97 bits per heavy atom. The molecule has 1 fully saturated rings. The number of hydrogen-bond donors (Lipinski definition) is 2. The molecule has 0 bridgehead atoms. The Kier molecular flexibility index (Phi) is 6.81. The molecule has 1 aromatic carbocycles. The Bertz CT molecular complexity index is 1130. The molecule has 3 heterocycles. The molecule has 1 aromatic heterocycles. The van der Waals surface area contributed by atoms with Gasteiger partial charge in [0.05, 0.1) is 18.2 Å². The van der Waals surface area contributed by atoms with Crippen LogP contribution in [0.3, 0.4) is 0 Å². The number of nitrogens with one attached hydrogen (secondary N) is 1. The molecule has 1 saturated heterocycles. The van der Waals surface area contributed by atoms with Crippen LogP contribution in [0.25, 0.3) is 11.1 Å². The standard InChI is InChI=1S/C25H29N5O4/c1-4-5-6-16(2)28-25(33)30-14-17(3)34-22-11-18(7-8-21(22)30)20-12-26-24(27-13-20)29-10-9-19(15-29)23(31)32/h4-8,11-13,17,19H,9-10,14-15H2,1-3H3,(H,28,33)(H,31,32)/b5-4-,16-6+. The number of fused-ring (bicyclic) bond motifs is 1. The first kappa shape index (κ1) is 23.3. The third-order valence-corrected chi connectivity index (χ3v) is 5.90. The van der Waals surface area contributed by atoms with Crippen LogP contribution in [0.2, 0.25) is 0 Å². The number of allylic oxidation sites excluding steroid dienone is 4. The molecule has 2 amide bonds. The first-order valence-corrected chi connectivity index (χ1v) is 11.3. The van der Waals surface area contributed by atoms with E-state index >= 15 is 0 Å². The number of urea groups is 1. The Labute approximate surface area is 198 Å². The third-order valence-electron chi connectivity index (χ3n) is 5.90. The molecule has 2 aliphatic heterocycles. The van der Waals surface area contributed by atoms with E-state index in [0.29, 0.717) is 43.4 Å². The molecule has 2 atom stereocenters. The van der Waals surface area contributed by atoms with Crippen molar-refractivity contribution in [2.45, 2.75) is 33.3 Å². The van der Waals surface area contributed by atoms with Crippen molar-refractivity contribution in [3.63, 3.8) is 0 Å². The molecule has 0 aliphatic carbocycles. The monoisotopic (exact) mass is 463 g/mol. The summed E-state index contributed by atoms with van der Waals surface area (Å²) in [6, 6.07) is 5.46. The van der Waals surface area contributed by atoms with E-state index in [1.54, 1.807) is 17.3 Å². The molecule has 2 unspecified atom stereocenters. The van der Waals surface area contributed by atoms with Crippen LogP contribution in [-0.2, 0) is 4.79 Å². The summed E-state index contributed by atoms with van der Waals surface area (Å²) in [7, 11) is 0. The van der Waals surface area contributed by atoms with E-state index in [-0.39, 0.29) is 18.1 Å². The number of ether oxygens (including phenoxy) is 1. The van der Waals surface area contributed by atoms with Crippen molar-refractivity contribution in [1.82, 2.24) is 15.3 Å². The summed E-state index contributed by atoms with van der Waals surface area (Å²) in [6.45, 7) is 7.18. The molecular weight excluding hydrogens is 434 g/mol.